The Morgan fingerprint density at radius 3 is 2.27 bits per heavy atom. The Kier molecular flexibility index (Phi) is 5.44. The third-order valence-corrected chi connectivity index (χ3v) is 5.25. The van der Waals surface area contributed by atoms with Crippen LogP contribution in [0.5, 0.6) is 0 Å². The van der Waals surface area contributed by atoms with Crippen molar-refractivity contribution in [2.24, 2.45) is 0 Å². The van der Waals surface area contributed by atoms with Gasteiger partial charge in [-0.1, -0.05) is 65.7 Å². The van der Waals surface area contributed by atoms with Crippen LogP contribution in [-0.2, 0) is 4.79 Å². The van der Waals surface area contributed by atoms with E-state index in [1.54, 1.807) is 24.3 Å². The second kappa shape index (κ2) is 8.19. The van der Waals surface area contributed by atoms with E-state index in [-0.39, 0.29) is 16.5 Å². The molecule has 4 nitrogen and oxygen atoms in total. The molecule has 4 rings (SSSR count). The Balaban J connectivity index is 1.81. The molecule has 1 heterocycles. The summed E-state index contributed by atoms with van der Waals surface area (Å²) in [6.45, 7) is 0. The van der Waals surface area contributed by atoms with Gasteiger partial charge in [0.1, 0.15) is 0 Å². The number of aromatic carboxylic acids is 1. The van der Waals surface area contributed by atoms with Gasteiger partial charge >= 0.3 is 5.97 Å². The first-order valence-electron chi connectivity index (χ1n) is 9.06. The maximum Gasteiger partial charge on any atom is 0.337 e. The molecule has 0 spiro atoms. The summed E-state index contributed by atoms with van der Waals surface area (Å²) in [5, 5.41) is 9.92. The maximum absolute atomic E-state index is 13.3. The highest BCUT2D eigenvalue weighted by molar-refractivity contribution is 6.34. The quantitative estimate of drug-likeness (QED) is 0.498. The zero-order valence-corrected chi connectivity index (χ0v) is 17.1. The molecule has 1 N–H and O–H groups in total. The van der Waals surface area contributed by atoms with Crippen LogP contribution >= 0.6 is 23.2 Å². The number of halogens is 2. The van der Waals surface area contributed by atoms with Crippen molar-refractivity contribution >= 4 is 52.5 Å². The van der Waals surface area contributed by atoms with Crippen LogP contribution in [-0.4, -0.2) is 17.0 Å². The highest BCUT2D eigenvalue weighted by Gasteiger charge is 2.31. The molecule has 0 atom stereocenters. The summed E-state index contributed by atoms with van der Waals surface area (Å²) >= 11 is 12.1. The van der Waals surface area contributed by atoms with Crippen molar-refractivity contribution in [3.8, 4) is 0 Å². The van der Waals surface area contributed by atoms with E-state index in [0.29, 0.717) is 22.0 Å². The topological polar surface area (TPSA) is 57.6 Å². The van der Waals surface area contributed by atoms with E-state index >= 15 is 0 Å². The van der Waals surface area contributed by atoms with Gasteiger partial charge in [-0.15, -0.1) is 0 Å². The van der Waals surface area contributed by atoms with Crippen molar-refractivity contribution in [2.45, 2.75) is 0 Å². The van der Waals surface area contributed by atoms with Crippen molar-refractivity contribution in [1.29, 1.82) is 0 Å². The molecular formula is C24H15Cl2NO3. The van der Waals surface area contributed by atoms with Crippen LogP contribution in [0.25, 0.3) is 11.8 Å². The summed E-state index contributed by atoms with van der Waals surface area (Å²) in [5.41, 5.74) is 3.34. The lowest BCUT2D eigenvalue weighted by Crippen LogP contribution is -2.25. The van der Waals surface area contributed by atoms with E-state index in [4.69, 9.17) is 23.2 Å². The number of carboxylic acid groups (broad SMARTS) is 1. The maximum atomic E-state index is 13.3. The molecule has 1 amide bonds. The SMILES string of the molecule is O=C(O)c1ccc(N2C(=O)/C(=C\c3ccc(Cl)cc3)C=C2c2ccccc2)cc1Cl. The molecular weight excluding hydrogens is 421 g/mol. The summed E-state index contributed by atoms with van der Waals surface area (Å²) in [4.78, 5) is 26.1. The van der Waals surface area contributed by atoms with Gasteiger partial charge in [-0.25, -0.2) is 4.79 Å². The summed E-state index contributed by atoms with van der Waals surface area (Å²) in [5.74, 6) is -1.36. The van der Waals surface area contributed by atoms with Gasteiger partial charge in [0.05, 0.1) is 22.0 Å². The highest BCUT2D eigenvalue weighted by atomic mass is 35.5. The number of benzene rings is 3. The number of anilines is 1. The third-order valence-electron chi connectivity index (χ3n) is 4.69. The fraction of sp³-hybridized carbons (Fsp3) is 0. The molecule has 0 saturated heterocycles. The smallest absolute Gasteiger partial charge is 0.337 e. The first-order valence-corrected chi connectivity index (χ1v) is 9.81. The van der Waals surface area contributed by atoms with E-state index in [2.05, 4.69) is 0 Å². The molecule has 0 aromatic heterocycles. The van der Waals surface area contributed by atoms with Crippen molar-refractivity contribution < 1.29 is 14.7 Å². The molecule has 0 aliphatic carbocycles. The fourth-order valence-corrected chi connectivity index (χ4v) is 3.63. The number of amides is 1. The van der Waals surface area contributed by atoms with Crippen molar-refractivity contribution in [3.63, 3.8) is 0 Å². The van der Waals surface area contributed by atoms with Crippen LogP contribution in [0.1, 0.15) is 21.5 Å². The van der Waals surface area contributed by atoms with Crippen LogP contribution in [0.2, 0.25) is 10.0 Å². The predicted octanol–water partition coefficient (Wildman–Crippen LogP) is 6.16. The minimum absolute atomic E-state index is 0.0192. The van der Waals surface area contributed by atoms with Gasteiger partial charge in [-0.3, -0.25) is 9.69 Å². The number of hydrogen-bond donors (Lipinski definition) is 1. The van der Waals surface area contributed by atoms with E-state index in [9.17, 15) is 14.7 Å². The lowest BCUT2D eigenvalue weighted by atomic mass is 10.1. The van der Waals surface area contributed by atoms with Gasteiger partial charge in [-0.05, 0) is 53.6 Å². The van der Waals surface area contributed by atoms with Gasteiger partial charge in [0.15, 0.2) is 0 Å². The fourth-order valence-electron chi connectivity index (χ4n) is 3.25. The molecule has 30 heavy (non-hydrogen) atoms. The van der Waals surface area contributed by atoms with Gasteiger partial charge < -0.3 is 5.11 Å². The number of carbonyl (C=O) groups is 2. The number of rotatable bonds is 4. The van der Waals surface area contributed by atoms with Gasteiger partial charge in [0.25, 0.3) is 5.91 Å². The summed E-state index contributed by atoms with van der Waals surface area (Å²) in [7, 11) is 0. The summed E-state index contributed by atoms with van der Waals surface area (Å²) in [6.07, 6.45) is 3.60. The van der Waals surface area contributed by atoms with E-state index in [1.807, 2.05) is 48.5 Å². The zero-order chi connectivity index (χ0) is 21.3. The molecule has 1 aliphatic heterocycles. The Morgan fingerprint density at radius 2 is 1.63 bits per heavy atom. The molecule has 6 heteroatoms. The van der Waals surface area contributed by atoms with E-state index in [0.717, 1.165) is 11.1 Å². The standard InChI is InChI=1S/C24H15Cl2NO3/c25-18-8-6-15(7-9-18)12-17-13-22(16-4-2-1-3-5-16)27(23(17)28)19-10-11-20(24(29)30)21(26)14-19/h1-14H,(H,29,30)/b17-12-. The normalized spacial score (nSPS) is 14.9. The predicted molar refractivity (Wildman–Crippen MR) is 120 cm³/mol. The number of nitrogens with zero attached hydrogens (tertiary/aromatic N) is 1. The third kappa shape index (κ3) is 3.88. The minimum atomic E-state index is -1.12. The molecule has 3 aromatic carbocycles. The number of carboxylic acids is 1. The molecule has 0 radical (unpaired) electrons. The van der Waals surface area contributed by atoms with Crippen LogP contribution in [0.4, 0.5) is 5.69 Å². The molecule has 3 aromatic rings. The Bertz CT molecular complexity index is 1200. The van der Waals surface area contributed by atoms with Crippen molar-refractivity contribution in [2.75, 3.05) is 4.90 Å². The first kappa shape index (κ1) is 20.0. The molecule has 0 bridgehead atoms. The monoisotopic (exact) mass is 435 g/mol. The lowest BCUT2D eigenvalue weighted by molar-refractivity contribution is -0.113. The zero-order valence-electron chi connectivity index (χ0n) is 15.5. The van der Waals surface area contributed by atoms with Gasteiger partial charge in [0.2, 0.25) is 0 Å². The number of hydrogen-bond acceptors (Lipinski definition) is 2. The molecule has 148 valence electrons. The van der Waals surface area contributed by atoms with Crippen LogP contribution < -0.4 is 4.90 Å². The lowest BCUT2D eigenvalue weighted by Gasteiger charge is -2.21. The van der Waals surface area contributed by atoms with Crippen LogP contribution in [0.3, 0.4) is 0 Å². The molecule has 0 unspecified atom stereocenters. The number of carbonyl (C=O) groups excluding carboxylic acids is 1. The highest BCUT2D eigenvalue weighted by Crippen LogP contribution is 2.36. The van der Waals surface area contributed by atoms with Crippen molar-refractivity contribution in [1.82, 2.24) is 0 Å². The first-order chi connectivity index (χ1) is 14.4. The average molecular weight is 436 g/mol. The molecule has 1 aliphatic rings. The largest absolute Gasteiger partial charge is 0.478 e. The second-order valence-corrected chi connectivity index (χ2v) is 7.50. The average Bonchev–Trinajstić information content (AvgIpc) is 3.06. The molecule has 0 saturated carbocycles. The second-order valence-electron chi connectivity index (χ2n) is 6.66. The van der Waals surface area contributed by atoms with Crippen LogP contribution in [0.15, 0.2) is 84.4 Å². The van der Waals surface area contributed by atoms with E-state index < -0.39 is 5.97 Å². The minimum Gasteiger partial charge on any atom is -0.478 e. The van der Waals surface area contributed by atoms with Gasteiger partial charge in [0, 0.05) is 10.6 Å². The van der Waals surface area contributed by atoms with Crippen molar-refractivity contribution in [3.05, 3.63) is 111 Å². The Morgan fingerprint density at radius 1 is 0.933 bits per heavy atom. The Labute approximate surface area is 183 Å². The molecule has 0 fully saturated rings. The van der Waals surface area contributed by atoms with Gasteiger partial charge in [-0.2, -0.15) is 0 Å². The van der Waals surface area contributed by atoms with E-state index in [1.165, 1.54) is 17.0 Å². The summed E-state index contributed by atoms with van der Waals surface area (Å²) < 4.78 is 0. The van der Waals surface area contributed by atoms with Crippen LogP contribution in [0, 0.1) is 0 Å². The Hall–Kier alpha value is -3.34. The summed E-state index contributed by atoms with van der Waals surface area (Å²) in [6, 6.07) is 21.1.